The summed E-state index contributed by atoms with van der Waals surface area (Å²) in [5.41, 5.74) is 0. The largest absolute Gasteiger partial charge is 0.450 e. The number of halogens is 6. The first-order chi connectivity index (χ1) is 9.88. The summed E-state index contributed by atoms with van der Waals surface area (Å²) in [6, 6.07) is 0. The molecule has 0 aromatic rings. The van der Waals surface area contributed by atoms with Crippen LogP contribution in [0.25, 0.3) is 0 Å². The van der Waals surface area contributed by atoms with Crippen LogP contribution in [-0.4, -0.2) is 43.3 Å². The molecule has 0 bridgehead atoms. The molecule has 0 heterocycles. The summed E-state index contributed by atoms with van der Waals surface area (Å²) in [5, 5.41) is 0. The monoisotopic (exact) mass is 357 g/mol. The highest BCUT2D eigenvalue weighted by Crippen LogP contribution is 2.58. The summed E-state index contributed by atoms with van der Waals surface area (Å²) in [6.45, 7) is 1.74. The first-order valence-electron chi connectivity index (χ1n) is 5.95. The molecule has 0 amide bonds. The predicted octanol–water partition coefficient (Wildman–Crippen LogP) is 3.73. The van der Waals surface area contributed by atoms with E-state index in [-0.39, 0.29) is 19.4 Å². The zero-order chi connectivity index (χ0) is 17.6. The zero-order valence-electron chi connectivity index (χ0n) is 11.6. The second-order valence-electron chi connectivity index (χ2n) is 3.75. The SMILES string of the molecule is CCOP(=O)(OCC)[C@@H](N=CCC(=O)C(F)(F)F)C(F)(F)F. The van der Waals surface area contributed by atoms with E-state index in [0.717, 1.165) is 0 Å². The van der Waals surface area contributed by atoms with Gasteiger partial charge < -0.3 is 9.05 Å². The number of alkyl halides is 6. The van der Waals surface area contributed by atoms with E-state index in [1.165, 1.54) is 13.8 Å². The summed E-state index contributed by atoms with van der Waals surface area (Å²) >= 11 is 0. The van der Waals surface area contributed by atoms with Gasteiger partial charge in [0.15, 0.2) is 0 Å². The number of hydrogen-bond acceptors (Lipinski definition) is 5. The van der Waals surface area contributed by atoms with Crippen LogP contribution in [0.1, 0.15) is 20.3 Å². The van der Waals surface area contributed by atoms with Crippen molar-refractivity contribution in [2.24, 2.45) is 4.99 Å². The fraction of sp³-hybridized carbons (Fsp3) is 0.800. The van der Waals surface area contributed by atoms with Crippen molar-refractivity contribution >= 4 is 19.6 Å². The molecule has 0 rings (SSSR count). The third-order valence-electron chi connectivity index (χ3n) is 2.05. The minimum Gasteiger partial charge on any atom is -0.307 e. The first-order valence-corrected chi connectivity index (χ1v) is 7.56. The van der Waals surface area contributed by atoms with Gasteiger partial charge in [0.05, 0.1) is 19.6 Å². The van der Waals surface area contributed by atoms with Crippen molar-refractivity contribution in [3.63, 3.8) is 0 Å². The molecule has 0 radical (unpaired) electrons. The van der Waals surface area contributed by atoms with Gasteiger partial charge in [-0.2, -0.15) is 26.3 Å². The Morgan fingerprint density at radius 3 is 1.91 bits per heavy atom. The molecule has 0 fully saturated rings. The van der Waals surface area contributed by atoms with Crippen molar-refractivity contribution in [2.75, 3.05) is 13.2 Å². The maximum Gasteiger partial charge on any atom is 0.450 e. The Bertz CT molecular complexity index is 438. The van der Waals surface area contributed by atoms with Gasteiger partial charge in [0, 0.05) is 6.21 Å². The van der Waals surface area contributed by atoms with Gasteiger partial charge >= 0.3 is 19.9 Å². The van der Waals surface area contributed by atoms with Crippen LogP contribution < -0.4 is 0 Å². The molecule has 0 unspecified atom stereocenters. The van der Waals surface area contributed by atoms with E-state index < -0.39 is 37.9 Å². The Morgan fingerprint density at radius 1 is 1.14 bits per heavy atom. The van der Waals surface area contributed by atoms with E-state index in [2.05, 4.69) is 14.0 Å². The van der Waals surface area contributed by atoms with Crippen LogP contribution in [0.2, 0.25) is 0 Å². The average molecular weight is 357 g/mol. The summed E-state index contributed by atoms with van der Waals surface area (Å²) in [5.74, 6) is -5.28. The Morgan fingerprint density at radius 2 is 1.59 bits per heavy atom. The lowest BCUT2D eigenvalue weighted by atomic mass is 10.3. The van der Waals surface area contributed by atoms with E-state index in [4.69, 9.17) is 0 Å². The Hall–Kier alpha value is -0.930. The topological polar surface area (TPSA) is 65.0 Å². The smallest absolute Gasteiger partial charge is 0.307 e. The third-order valence-corrected chi connectivity index (χ3v) is 4.31. The van der Waals surface area contributed by atoms with E-state index in [1.54, 1.807) is 0 Å². The summed E-state index contributed by atoms with van der Waals surface area (Å²) in [6.07, 6.45) is -11.7. The molecule has 0 aliphatic rings. The maximum atomic E-state index is 12.9. The van der Waals surface area contributed by atoms with Crippen LogP contribution in [0, 0.1) is 0 Å². The summed E-state index contributed by atoms with van der Waals surface area (Å²) in [7, 11) is -4.77. The maximum absolute atomic E-state index is 12.9. The van der Waals surface area contributed by atoms with Crippen LogP contribution in [0.4, 0.5) is 26.3 Å². The van der Waals surface area contributed by atoms with Crippen molar-refractivity contribution in [3.8, 4) is 0 Å². The number of Topliss-reactive ketones (excluding diaryl/α,β-unsaturated/α-hetero) is 1. The lowest BCUT2D eigenvalue weighted by molar-refractivity contribution is -0.169. The quantitative estimate of drug-likeness (QED) is 0.377. The minimum atomic E-state index is -5.19. The fourth-order valence-corrected chi connectivity index (χ4v) is 2.93. The Kier molecular flexibility index (Phi) is 7.73. The van der Waals surface area contributed by atoms with Crippen molar-refractivity contribution < 1.29 is 44.7 Å². The van der Waals surface area contributed by atoms with Crippen LogP contribution in [0.15, 0.2) is 4.99 Å². The van der Waals surface area contributed by atoms with Crippen molar-refractivity contribution in [1.82, 2.24) is 0 Å². The number of hydrogen-bond donors (Lipinski definition) is 0. The number of carbonyl (C=O) groups excluding carboxylic acids is 1. The van der Waals surface area contributed by atoms with Gasteiger partial charge in [-0.15, -0.1) is 0 Å². The molecule has 0 aliphatic carbocycles. The van der Waals surface area contributed by atoms with Gasteiger partial charge in [0.1, 0.15) is 0 Å². The second-order valence-corrected chi connectivity index (χ2v) is 5.83. The van der Waals surface area contributed by atoms with Gasteiger partial charge in [-0.05, 0) is 13.8 Å². The fourth-order valence-electron chi connectivity index (χ4n) is 1.23. The minimum absolute atomic E-state index is 0.110. The average Bonchev–Trinajstić information content (AvgIpc) is 2.31. The highest BCUT2D eigenvalue weighted by atomic mass is 31.2. The number of ketones is 1. The normalized spacial score (nSPS) is 15.3. The molecule has 12 heteroatoms. The Labute approximate surface area is 122 Å². The van der Waals surface area contributed by atoms with E-state index >= 15 is 0 Å². The van der Waals surface area contributed by atoms with E-state index in [0.29, 0.717) is 0 Å². The Balaban J connectivity index is 5.31. The molecular weight excluding hydrogens is 343 g/mol. The third kappa shape index (κ3) is 6.45. The van der Waals surface area contributed by atoms with E-state index in [1.807, 2.05) is 0 Å². The van der Waals surface area contributed by atoms with Gasteiger partial charge in [-0.1, -0.05) is 0 Å². The second kappa shape index (κ2) is 8.07. The molecule has 0 saturated heterocycles. The van der Waals surface area contributed by atoms with Crippen LogP contribution in [0.3, 0.4) is 0 Å². The molecule has 1 atom stereocenters. The van der Waals surface area contributed by atoms with Crippen LogP contribution >= 0.6 is 7.60 Å². The highest BCUT2D eigenvalue weighted by Gasteiger charge is 2.54. The number of nitrogens with zero attached hydrogens (tertiary/aromatic N) is 1. The standard InChI is InChI=1S/C10H14F6NO4P/c1-3-20-22(19,21-4-2)8(10(14,15)16)17-6-5-7(18)9(11,12)13/h6,8H,3-5H2,1-2H3/t8-/m1/s1. The molecule has 22 heavy (non-hydrogen) atoms. The number of rotatable bonds is 8. The predicted molar refractivity (Wildman–Crippen MR) is 64.9 cm³/mol. The lowest BCUT2D eigenvalue weighted by Crippen LogP contribution is -2.29. The molecule has 0 saturated carbocycles. The highest BCUT2D eigenvalue weighted by molar-refractivity contribution is 7.54. The summed E-state index contributed by atoms with van der Waals surface area (Å²) < 4.78 is 95.4. The molecular formula is C10H14F6NO4P. The van der Waals surface area contributed by atoms with Crippen molar-refractivity contribution in [3.05, 3.63) is 0 Å². The zero-order valence-corrected chi connectivity index (χ0v) is 12.5. The van der Waals surface area contributed by atoms with Gasteiger partial charge in [0.2, 0.25) is 11.6 Å². The molecule has 0 aliphatic heterocycles. The first kappa shape index (κ1) is 21.1. The molecule has 130 valence electrons. The number of aliphatic imine (C=N–C) groups is 1. The molecule has 0 aromatic heterocycles. The molecule has 0 spiro atoms. The van der Waals surface area contributed by atoms with Crippen molar-refractivity contribution in [1.29, 1.82) is 0 Å². The van der Waals surface area contributed by atoms with E-state index in [9.17, 15) is 35.7 Å². The van der Waals surface area contributed by atoms with Gasteiger partial charge in [0.25, 0.3) is 0 Å². The lowest BCUT2D eigenvalue weighted by Gasteiger charge is -2.24. The molecule has 5 nitrogen and oxygen atoms in total. The van der Waals surface area contributed by atoms with Crippen molar-refractivity contribution in [2.45, 2.75) is 38.4 Å². The molecule has 0 N–H and O–H groups in total. The number of carbonyl (C=O) groups is 1. The van der Waals surface area contributed by atoms with Gasteiger partial charge in [-0.3, -0.25) is 14.4 Å². The van der Waals surface area contributed by atoms with Gasteiger partial charge in [-0.25, -0.2) is 0 Å². The van der Waals surface area contributed by atoms with Crippen LogP contribution in [0.5, 0.6) is 0 Å². The molecule has 0 aromatic carbocycles. The summed E-state index contributed by atoms with van der Waals surface area (Å²) in [4.78, 5) is 13.3. The van der Waals surface area contributed by atoms with Crippen LogP contribution in [-0.2, 0) is 18.4 Å².